The van der Waals surface area contributed by atoms with Crippen molar-refractivity contribution < 1.29 is 8.42 Å². The Morgan fingerprint density at radius 1 is 0.886 bits per heavy atom. The lowest BCUT2D eigenvalue weighted by Crippen LogP contribution is -2.47. The van der Waals surface area contributed by atoms with Gasteiger partial charge in [0, 0.05) is 61.4 Å². The van der Waals surface area contributed by atoms with Crippen molar-refractivity contribution in [1.29, 1.82) is 0 Å². The molecule has 0 N–H and O–H groups in total. The predicted octanol–water partition coefficient (Wildman–Crippen LogP) is 3.92. The van der Waals surface area contributed by atoms with Crippen LogP contribution in [-0.2, 0) is 23.0 Å². The topological polar surface area (TPSA) is 79.3 Å². The van der Waals surface area contributed by atoms with Crippen LogP contribution in [0.25, 0.3) is 10.9 Å². The number of likely N-dealkylation sites (tertiary alicyclic amines) is 1. The zero-order chi connectivity index (χ0) is 24.1. The lowest BCUT2D eigenvalue weighted by molar-refractivity contribution is 0.157. The molecule has 0 spiro atoms. The fourth-order valence-electron chi connectivity index (χ4n) is 4.74. The Balaban J connectivity index is 1.38. The third-order valence-electron chi connectivity index (χ3n) is 6.62. The summed E-state index contributed by atoms with van der Waals surface area (Å²) in [5, 5.41) is 0.819. The van der Waals surface area contributed by atoms with Gasteiger partial charge in [0.15, 0.2) is 0 Å². The van der Waals surface area contributed by atoms with E-state index in [0.29, 0.717) is 5.52 Å². The molecule has 8 heteroatoms. The monoisotopic (exact) mass is 487 g/mol. The van der Waals surface area contributed by atoms with E-state index in [4.69, 9.17) is 0 Å². The Morgan fingerprint density at radius 3 is 2.46 bits per heavy atom. The van der Waals surface area contributed by atoms with E-state index in [1.165, 1.54) is 0 Å². The van der Waals surface area contributed by atoms with Crippen LogP contribution < -0.4 is 0 Å². The lowest BCUT2D eigenvalue weighted by atomic mass is 10.0. The smallest absolute Gasteiger partial charge is 0.245 e. The highest BCUT2D eigenvalue weighted by Crippen LogP contribution is 2.30. The molecule has 0 radical (unpaired) electrons. The molecule has 0 unspecified atom stereocenters. The van der Waals surface area contributed by atoms with E-state index in [0.717, 1.165) is 55.5 Å². The molecule has 4 aromatic rings. The van der Waals surface area contributed by atoms with Gasteiger partial charge in [-0.15, -0.1) is 0 Å². The summed E-state index contributed by atoms with van der Waals surface area (Å²) < 4.78 is 29.8. The molecule has 1 aliphatic rings. The summed E-state index contributed by atoms with van der Waals surface area (Å²) in [6, 6.07) is 18.8. The minimum atomic E-state index is -3.78. The second-order valence-corrected chi connectivity index (χ2v) is 10.7. The summed E-state index contributed by atoms with van der Waals surface area (Å²) in [4.78, 5) is 15.7. The first-order valence-electron chi connectivity index (χ1n) is 12.0. The Hall–Kier alpha value is -3.20. The van der Waals surface area contributed by atoms with Gasteiger partial charge in [0.25, 0.3) is 0 Å². The first kappa shape index (κ1) is 23.5. The standard InChI is InChI=1S/C27H29N5O2S/c33-35(34,26-10-3-7-23-8-5-16-30-27(23)26)32(21-22-6-4-14-28-20-22)25-12-18-31(19-13-25)17-11-24-9-1-2-15-29-24/h1-10,14-16,20,25H,11-13,17-19,21H2. The van der Waals surface area contributed by atoms with Crippen LogP contribution >= 0.6 is 0 Å². The zero-order valence-corrected chi connectivity index (χ0v) is 20.4. The zero-order valence-electron chi connectivity index (χ0n) is 19.6. The largest absolute Gasteiger partial charge is 0.303 e. The summed E-state index contributed by atoms with van der Waals surface area (Å²) in [6.07, 6.45) is 9.37. The second-order valence-electron chi connectivity index (χ2n) is 8.89. The number of hydrogen-bond donors (Lipinski definition) is 0. The van der Waals surface area contributed by atoms with Crippen molar-refractivity contribution in [1.82, 2.24) is 24.2 Å². The van der Waals surface area contributed by atoms with Gasteiger partial charge in [-0.2, -0.15) is 4.31 Å². The molecule has 0 atom stereocenters. The first-order chi connectivity index (χ1) is 17.1. The highest BCUT2D eigenvalue weighted by atomic mass is 32.2. The van der Waals surface area contributed by atoms with E-state index < -0.39 is 10.0 Å². The average molecular weight is 488 g/mol. The number of fused-ring (bicyclic) bond motifs is 1. The van der Waals surface area contributed by atoms with Crippen LogP contribution in [0.15, 0.2) is 90.3 Å². The number of hydrogen-bond acceptors (Lipinski definition) is 6. The number of benzene rings is 1. The van der Waals surface area contributed by atoms with Gasteiger partial charge in [-0.25, -0.2) is 8.42 Å². The van der Waals surface area contributed by atoms with Crippen LogP contribution in [0.1, 0.15) is 24.1 Å². The quantitative estimate of drug-likeness (QED) is 0.375. The summed E-state index contributed by atoms with van der Waals surface area (Å²) >= 11 is 0. The van der Waals surface area contributed by atoms with Crippen LogP contribution in [0.4, 0.5) is 0 Å². The maximum atomic E-state index is 14.1. The molecule has 1 aliphatic heterocycles. The number of rotatable bonds is 8. The predicted molar refractivity (Wildman–Crippen MR) is 136 cm³/mol. The summed E-state index contributed by atoms with van der Waals surface area (Å²) in [6.45, 7) is 2.92. The van der Waals surface area contributed by atoms with Gasteiger partial charge in [0.05, 0.1) is 5.52 Å². The summed E-state index contributed by atoms with van der Waals surface area (Å²) in [7, 11) is -3.78. The van der Waals surface area contributed by atoms with E-state index in [-0.39, 0.29) is 17.5 Å². The van der Waals surface area contributed by atoms with Crippen LogP contribution in [0.5, 0.6) is 0 Å². The van der Waals surface area contributed by atoms with Gasteiger partial charge in [-0.1, -0.05) is 30.3 Å². The van der Waals surface area contributed by atoms with Crippen molar-refractivity contribution in [3.63, 3.8) is 0 Å². The lowest BCUT2D eigenvalue weighted by Gasteiger charge is -2.38. The Kier molecular flexibility index (Phi) is 7.13. The molecule has 35 heavy (non-hydrogen) atoms. The van der Waals surface area contributed by atoms with E-state index in [1.807, 2.05) is 54.7 Å². The highest BCUT2D eigenvalue weighted by molar-refractivity contribution is 7.89. The normalized spacial score (nSPS) is 15.6. The number of nitrogens with zero attached hydrogens (tertiary/aromatic N) is 5. The van der Waals surface area contributed by atoms with Crippen molar-refractivity contribution in [3.8, 4) is 0 Å². The van der Waals surface area contributed by atoms with Gasteiger partial charge in [0.1, 0.15) is 4.90 Å². The van der Waals surface area contributed by atoms with Gasteiger partial charge in [0.2, 0.25) is 10.0 Å². The maximum absolute atomic E-state index is 14.1. The molecule has 4 heterocycles. The fourth-order valence-corrected chi connectivity index (χ4v) is 6.58. The molecule has 7 nitrogen and oxygen atoms in total. The Bertz CT molecular complexity index is 1350. The van der Waals surface area contributed by atoms with Gasteiger partial charge < -0.3 is 4.90 Å². The molecule has 3 aromatic heterocycles. The molecule has 5 rings (SSSR count). The number of pyridine rings is 3. The average Bonchev–Trinajstić information content (AvgIpc) is 2.92. The molecule has 0 saturated carbocycles. The van der Waals surface area contributed by atoms with E-state index in [2.05, 4.69) is 19.9 Å². The molecule has 0 aliphatic carbocycles. The van der Waals surface area contributed by atoms with E-state index >= 15 is 0 Å². The minimum absolute atomic E-state index is 0.0923. The fraction of sp³-hybridized carbons (Fsp3) is 0.296. The van der Waals surface area contributed by atoms with Crippen LogP contribution in [0.3, 0.4) is 0 Å². The summed E-state index contributed by atoms with van der Waals surface area (Å²) in [5.41, 5.74) is 2.47. The number of piperidine rings is 1. The maximum Gasteiger partial charge on any atom is 0.245 e. The molecular weight excluding hydrogens is 458 g/mol. The van der Waals surface area contributed by atoms with Crippen molar-refractivity contribution >= 4 is 20.9 Å². The molecule has 1 saturated heterocycles. The Labute approximate surface area is 206 Å². The van der Waals surface area contributed by atoms with Crippen molar-refractivity contribution in [3.05, 3.63) is 96.7 Å². The number of sulfonamides is 1. The highest BCUT2D eigenvalue weighted by Gasteiger charge is 2.35. The molecule has 180 valence electrons. The van der Waals surface area contributed by atoms with Gasteiger partial charge in [-0.05, 0) is 61.8 Å². The first-order valence-corrected chi connectivity index (χ1v) is 13.4. The van der Waals surface area contributed by atoms with Gasteiger partial charge in [-0.3, -0.25) is 15.0 Å². The third kappa shape index (κ3) is 5.40. The second kappa shape index (κ2) is 10.6. The Morgan fingerprint density at radius 2 is 1.69 bits per heavy atom. The van der Waals surface area contributed by atoms with E-state index in [1.54, 1.807) is 35.0 Å². The third-order valence-corrected chi connectivity index (χ3v) is 8.55. The van der Waals surface area contributed by atoms with Crippen LogP contribution in [-0.4, -0.2) is 58.3 Å². The summed E-state index contributed by atoms with van der Waals surface area (Å²) in [5.74, 6) is 0. The van der Waals surface area contributed by atoms with Crippen molar-refractivity contribution in [2.24, 2.45) is 0 Å². The SMILES string of the molecule is O=S(=O)(c1cccc2cccnc12)N(Cc1cccnc1)C1CCN(CCc2ccccn2)CC1. The number of para-hydroxylation sites is 1. The van der Waals surface area contributed by atoms with E-state index in [9.17, 15) is 8.42 Å². The molecular formula is C27H29N5O2S. The molecule has 0 amide bonds. The molecule has 0 bridgehead atoms. The molecule has 1 fully saturated rings. The minimum Gasteiger partial charge on any atom is -0.303 e. The van der Waals surface area contributed by atoms with Gasteiger partial charge >= 0.3 is 0 Å². The van der Waals surface area contributed by atoms with Crippen LogP contribution in [0, 0.1) is 0 Å². The van der Waals surface area contributed by atoms with Crippen molar-refractivity contribution in [2.45, 2.75) is 36.7 Å². The number of aromatic nitrogens is 3. The van der Waals surface area contributed by atoms with Crippen LogP contribution in [0.2, 0.25) is 0 Å². The molecule has 1 aromatic carbocycles. The van der Waals surface area contributed by atoms with Crippen molar-refractivity contribution in [2.75, 3.05) is 19.6 Å².